The van der Waals surface area contributed by atoms with Gasteiger partial charge in [0.25, 0.3) is 5.56 Å². The number of aliphatic hydroxyl groups is 1. The highest BCUT2D eigenvalue weighted by atomic mass is 16.5. The number of H-pyrrole nitrogens is 1. The van der Waals surface area contributed by atoms with Crippen LogP contribution in [0.3, 0.4) is 0 Å². The molecule has 1 fully saturated rings. The standard InChI is InChI=1S/C14H18N4O3/c19-9-10-3-2-6-18(7-10)8-12-16-13(17-21-12)11-4-1-5-15-14(11)20/h1,4-5,10,19H,2-3,6-9H2,(H,15,20). The number of hydrogen-bond donors (Lipinski definition) is 2. The Labute approximate surface area is 121 Å². The Morgan fingerprint density at radius 3 is 3.24 bits per heavy atom. The Bertz CT molecular complexity index is 651. The van der Waals surface area contributed by atoms with E-state index in [-0.39, 0.29) is 12.2 Å². The Kier molecular flexibility index (Phi) is 4.12. The summed E-state index contributed by atoms with van der Waals surface area (Å²) in [6.45, 7) is 2.56. The number of aromatic amines is 1. The SMILES string of the molecule is O=c1[nH]cccc1-c1noc(CN2CCCC(CO)C2)n1. The first-order valence-electron chi connectivity index (χ1n) is 7.10. The highest BCUT2D eigenvalue weighted by Crippen LogP contribution is 2.18. The lowest BCUT2D eigenvalue weighted by Crippen LogP contribution is -2.36. The van der Waals surface area contributed by atoms with Crippen molar-refractivity contribution in [1.29, 1.82) is 0 Å². The number of likely N-dealkylation sites (tertiary alicyclic amines) is 1. The van der Waals surface area contributed by atoms with Crippen LogP contribution >= 0.6 is 0 Å². The molecule has 1 aliphatic heterocycles. The monoisotopic (exact) mass is 290 g/mol. The van der Waals surface area contributed by atoms with Gasteiger partial charge in [-0.3, -0.25) is 9.69 Å². The van der Waals surface area contributed by atoms with Gasteiger partial charge in [0, 0.05) is 19.3 Å². The molecule has 3 heterocycles. The average molecular weight is 290 g/mol. The van der Waals surface area contributed by atoms with E-state index in [1.165, 1.54) is 0 Å². The predicted molar refractivity (Wildman–Crippen MR) is 75.4 cm³/mol. The van der Waals surface area contributed by atoms with Gasteiger partial charge >= 0.3 is 0 Å². The van der Waals surface area contributed by atoms with Crippen LogP contribution in [0.15, 0.2) is 27.6 Å². The molecule has 3 rings (SSSR count). The molecule has 21 heavy (non-hydrogen) atoms. The fourth-order valence-electron chi connectivity index (χ4n) is 2.66. The van der Waals surface area contributed by atoms with Crippen LogP contribution in [0.2, 0.25) is 0 Å². The smallest absolute Gasteiger partial charge is 0.259 e. The van der Waals surface area contributed by atoms with E-state index in [1.807, 2.05) is 0 Å². The van der Waals surface area contributed by atoms with Gasteiger partial charge in [-0.05, 0) is 37.4 Å². The lowest BCUT2D eigenvalue weighted by atomic mass is 9.99. The third kappa shape index (κ3) is 3.20. The second-order valence-corrected chi connectivity index (χ2v) is 5.35. The summed E-state index contributed by atoms with van der Waals surface area (Å²) in [4.78, 5) is 20.7. The van der Waals surface area contributed by atoms with E-state index in [0.29, 0.717) is 29.7 Å². The number of nitrogens with one attached hydrogen (secondary N) is 1. The predicted octanol–water partition coefficient (Wildman–Crippen LogP) is 0.629. The molecule has 2 N–H and O–H groups in total. The van der Waals surface area contributed by atoms with Crippen LogP contribution in [0.5, 0.6) is 0 Å². The molecule has 7 nitrogen and oxygen atoms in total. The van der Waals surface area contributed by atoms with E-state index in [9.17, 15) is 9.90 Å². The van der Waals surface area contributed by atoms with Crippen molar-refractivity contribution in [3.05, 3.63) is 34.6 Å². The number of aliphatic hydroxyl groups excluding tert-OH is 1. The first-order chi connectivity index (χ1) is 10.3. The Balaban J connectivity index is 1.71. The molecule has 1 unspecified atom stereocenters. The summed E-state index contributed by atoms with van der Waals surface area (Å²) in [6.07, 6.45) is 3.68. The minimum atomic E-state index is -0.233. The van der Waals surface area contributed by atoms with Gasteiger partial charge in [-0.25, -0.2) is 0 Å². The summed E-state index contributed by atoms with van der Waals surface area (Å²) < 4.78 is 5.23. The molecular formula is C14H18N4O3. The molecule has 1 aliphatic rings. The Hall–Kier alpha value is -1.99. The Morgan fingerprint density at radius 2 is 2.43 bits per heavy atom. The minimum absolute atomic E-state index is 0.213. The van der Waals surface area contributed by atoms with E-state index < -0.39 is 0 Å². The molecule has 1 atom stereocenters. The van der Waals surface area contributed by atoms with Crippen LogP contribution in [0.25, 0.3) is 11.4 Å². The molecule has 2 aromatic heterocycles. The molecule has 0 spiro atoms. The van der Waals surface area contributed by atoms with Gasteiger partial charge in [-0.2, -0.15) is 4.98 Å². The van der Waals surface area contributed by atoms with Crippen molar-refractivity contribution in [2.24, 2.45) is 5.92 Å². The van der Waals surface area contributed by atoms with Crippen molar-refractivity contribution in [2.75, 3.05) is 19.7 Å². The third-order valence-electron chi connectivity index (χ3n) is 3.75. The van der Waals surface area contributed by atoms with Gasteiger partial charge in [-0.15, -0.1) is 0 Å². The number of pyridine rings is 1. The number of hydrogen-bond acceptors (Lipinski definition) is 6. The second-order valence-electron chi connectivity index (χ2n) is 5.35. The van der Waals surface area contributed by atoms with Crippen LogP contribution in [-0.4, -0.2) is 44.8 Å². The van der Waals surface area contributed by atoms with Crippen LogP contribution in [0.4, 0.5) is 0 Å². The fraction of sp³-hybridized carbons (Fsp3) is 0.500. The quantitative estimate of drug-likeness (QED) is 0.857. The third-order valence-corrected chi connectivity index (χ3v) is 3.75. The van der Waals surface area contributed by atoms with Crippen molar-refractivity contribution in [1.82, 2.24) is 20.0 Å². The maximum atomic E-state index is 11.7. The molecule has 0 bridgehead atoms. The zero-order chi connectivity index (χ0) is 14.7. The summed E-state index contributed by atoms with van der Waals surface area (Å²) in [5.41, 5.74) is 0.169. The zero-order valence-electron chi connectivity index (χ0n) is 11.7. The van der Waals surface area contributed by atoms with Gasteiger partial charge in [0.15, 0.2) is 0 Å². The van der Waals surface area contributed by atoms with Crippen molar-refractivity contribution in [3.8, 4) is 11.4 Å². The number of nitrogens with zero attached hydrogens (tertiary/aromatic N) is 3. The molecule has 7 heteroatoms. The lowest BCUT2D eigenvalue weighted by molar-refractivity contribution is 0.107. The molecule has 2 aromatic rings. The highest BCUT2D eigenvalue weighted by molar-refractivity contribution is 5.51. The second kappa shape index (κ2) is 6.19. The Morgan fingerprint density at radius 1 is 1.52 bits per heavy atom. The molecule has 0 saturated carbocycles. The van der Waals surface area contributed by atoms with E-state index in [2.05, 4.69) is 20.0 Å². The summed E-state index contributed by atoms with van der Waals surface area (Å²) in [5.74, 6) is 1.12. The van der Waals surface area contributed by atoms with E-state index in [1.54, 1.807) is 18.3 Å². The summed E-state index contributed by atoms with van der Waals surface area (Å²) in [7, 11) is 0. The van der Waals surface area contributed by atoms with Gasteiger partial charge in [0.1, 0.15) is 0 Å². The zero-order valence-corrected chi connectivity index (χ0v) is 11.7. The first-order valence-corrected chi connectivity index (χ1v) is 7.10. The van der Waals surface area contributed by atoms with Crippen LogP contribution in [0.1, 0.15) is 18.7 Å². The molecule has 1 saturated heterocycles. The number of rotatable bonds is 4. The van der Waals surface area contributed by atoms with Crippen LogP contribution in [-0.2, 0) is 6.54 Å². The molecule has 0 aliphatic carbocycles. The van der Waals surface area contributed by atoms with E-state index in [0.717, 1.165) is 25.9 Å². The maximum Gasteiger partial charge on any atom is 0.259 e. The van der Waals surface area contributed by atoms with Gasteiger partial charge < -0.3 is 14.6 Å². The van der Waals surface area contributed by atoms with E-state index >= 15 is 0 Å². The lowest BCUT2D eigenvalue weighted by Gasteiger charge is -2.30. The van der Waals surface area contributed by atoms with Crippen LogP contribution in [0, 0.1) is 5.92 Å². The van der Waals surface area contributed by atoms with Crippen molar-refractivity contribution in [2.45, 2.75) is 19.4 Å². The summed E-state index contributed by atoms with van der Waals surface area (Å²) in [5, 5.41) is 13.1. The maximum absolute atomic E-state index is 11.7. The number of aromatic nitrogens is 3. The van der Waals surface area contributed by atoms with Crippen molar-refractivity contribution >= 4 is 0 Å². The molecule has 0 radical (unpaired) electrons. The molecule has 0 amide bonds. The summed E-state index contributed by atoms with van der Waals surface area (Å²) >= 11 is 0. The van der Waals surface area contributed by atoms with Crippen molar-refractivity contribution < 1.29 is 9.63 Å². The van der Waals surface area contributed by atoms with Gasteiger partial charge in [-0.1, -0.05) is 5.16 Å². The minimum Gasteiger partial charge on any atom is -0.396 e. The normalized spacial score (nSPS) is 19.8. The van der Waals surface area contributed by atoms with Crippen LogP contribution < -0.4 is 5.56 Å². The van der Waals surface area contributed by atoms with Crippen molar-refractivity contribution in [3.63, 3.8) is 0 Å². The van der Waals surface area contributed by atoms with Gasteiger partial charge in [0.05, 0.1) is 12.1 Å². The van der Waals surface area contributed by atoms with E-state index in [4.69, 9.17) is 4.52 Å². The molecular weight excluding hydrogens is 272 g/mol. The molecule has 112 valence electrons. The van der Waals surface area contributed by atoms with Gasteiger partial charge in [0.2, 0.25) is 11.7 Å². The summed E-state index contributed by atoms with van der Waals surface area (Å²) in [6, 6.07) is 3.39. The average Bonchev–Trinajstić information content (AvgIpc) is 2.96. The first kappa shape index (κ1) is 14.0. The number of piperidine rings is 1. The fourth-order valence-corrected chi connectivity index (χ4v) is 2.66. The highest BCUT2D eigenvalue weighted by Gasteiger charge is 2.21. The molecule has 0 aromatic carbocycles. The topological polar surface area (TPSA) is 95.2 Å². The largest absolute Gasteiger partial charge is 0.396 e.